The van der Waals surface area contributed by atoms with E-state index in [-0.39, 0.29) is 29.5 Å². The van der Waals surface area contributed by atoms with Crippen molar-refractivity contribution in [2.24, 2.45) is 0 Å². The highest BCUT2D eigenvalue weighted by Crippen LogP contribution is 2.26. The van der Waals surface area contributed by atoms with Crippen LogP contribution in [-0.2, 0) is 21.2 Å². The van der Waals surface area contributed by atoms with E-state index in [0.29, 0.717) is 31.7 Å². The Hall–Kier alpha value is -3.02. The molecule has 1 fully saturated rings. The van der Waals surface area contributed by atoms with E-state index in [1.165, 1.54) is 15.6 Å². The van der Waals surface area contributed by atoms with E-state index in [2.05, 4.69) is 10.1 Å². The van der Waals surface area contributed by atoms with E-state index in [4.69, 9.17) is 4.52 Å². The van der Waals surface area contributed by atoms with Crippen molar-refractivity contribution in [3.63, 3.8) is 0 Å². The first-order valence-corrected chi connectivity index (χ1v) is 13.4. The quantitative estimate of drug-likeness (QED) is 0.418. The Balaban J connectivity index is 1.29. The SMILES string of the molecule is Cc1noc(C)c1S(=O)(=O)N1CCCN(C(=O)Cc2csc3nc(-c4ccccc4)cn23)CC1. The number of hydrogen-bond acceptors (Lipinski definition) is 7. The molecule has 9 nitrogen and oxygen atoms in total. The molecule has 0 radical (unpaired) electrons. The number of hydrogen-bond donors (Lipinski definition) is 0. The van der Waals surface area contributed by atoms with E-state index in [9.17, 15) is 13.2 Å². The molecule has 0 atom stereocenters. The lowest BCUT2D eigenvalue weighted by atomic mass is 10.2. The summed E-state index contributed by atoms with van der Waals surface area (Å²) in [7, 11) is -3.73. The van der Waals surface area contributed by atoms with Crippen molar-refractivity contribution < 1.29 is 17.7 Å². The number of carbonyl (C=O) groups excluding carboxylic acids is 1. The molecule has 1 aliphatic heterocycles. The number of aromatic nitrogens is 3. The van der Waals surface area contributed by atoms with Crippen LogP contribution >= 0.6 is 11.3 Å². The summed E-state index contributed by atoms with van der Waals surface area (Å²) in [6.07, 6.45) is 2.77. The zero-order valence-corrected chi connectivity index (χ0v) is 20.6. The van der Waals surface area contributed by atoms with Gasteiger partial charge < -0.3 is 9.42 Å². The number of fused-ring (bicyclic) bond motifs is 1. The predicted molar refractivity (Wildman–Crippen MR) is 128 cm³/mol. The van der Waals surface area contributed by atoms with Crippen molar-refractivity contribution >= 4 is 32.2 Å². The van der Waals surface area contributed by atoms with Crippen LogP contribution in [0, 0.1) is 13.8 Å². The number of rotatable bonds is 5. The summed E-state index contributed by atoms with van der Waals surface area (Å²) in [6.45, 7) is 4.66. The molecule has 178 valence electrons. The van der Waals surface area contributed by atoms with Crippen LogP contribution < -0.4 is 0 Å². The molecule has 11 heteroatoms. The third-order valence-corrected chi connectivity index (χ3v) is 9.09. The topological polar surface area (TPSA) is 101 Å². The minimum atomic E-state index is -3.73. The number of sulfonamides is 1. The lowest BCUT2D eigenvalue weighted by Gasteiger charge is -2.22. The second-order valence-electron chi connectivity index (χ2n) is 8.34. The molecule has 5 rings (SSSR count). The van der Waals surface area contributed by atoms with Crippen LogP contribution in [0.4, 0.5) is 0 Å². The fraction of sp³-hybridized carbons (Fsp3) is 0.348. The Morgan fingerprint density at radius 1 is 1.12 bits per heavy atom. The molecule has 1 aromatic carbocycles. The van der Waals surface area contributed by atoms with Gasteiger partial charge in [0, 0.05) is 49.0 Å². The van der Waals surface area contributed by atoms with Crippen LogP contribution in [-0.4, -0.2) is 64.3 Å². The standard InChI is InChI=1S/C23H25N5O4S2/c1-16-22(17(2)32-25-16)34(30,31)27-10-6-9-26(11-12-27)21(29)13-19-15-33-23-24-20(14-28(19)23)18-7-4-3-5-8-18/h3-5,7-8,14-15H,6,9-13H2,1-2H3. The maximum Gasteiger partial charge on any atom is 0.248 e. The minimum absolute atomic E-state index is 0.0220. The molecule has 0 bridgehead atoms. The molecular weight excluding hydrogens is 474 g/mol. The average Bonchev–Trinajstić information content (AvgIpc) is 3.43. The average molecular weight is 500 g/mol. The molecule has 3 aromatic heterocycles. The smallest absolute Gasteiger partial charge is 0.248 e. The molecule has 0 N–H and O–H groups in total. The van der Waals surface area contributed by atoms with E-state index in [0.717, 1.165) is 21.9 Å². The van der Waals surface area contributed by atoms with Gasteiger partial charge in [0.05, 0.1) is 12.1 Å². The van der Waals surface area contributed by atoms with Gasteiger partial charge in [0.25, 0.3) is 0 Å². The lowest BCUT2D eigenvalue weighted by Crippen LogP contribution is -2.38. The lowest BCUT2D eigenvalue weighted by molar-refractivity contribution is -0.130. The van der Waals surface area contributed by atoms with Crippen molar-refractivity contribution in [3.8, 4) is 11.3 Å². The number of carbonyl (C=O) groups is 1. The molecule has 0 spiro atoms. The largest absolute Gasteiger partial charge is 0.360 e. The number of imidazole rings is 1. The Morgan fingerprint density at radius 3 is 2.65 bits per heavy atom. The van der Waals surface area contributed by atoms with Crippen LogP contribution in [0.5, 0.6) is 0 Å². The molecule has 0 saturated carbocycles. The van der Waals surface area contributed by atoms with Gasteiger partial charge in [0.15, 0.2) is 10.7 Å². The Morgan fingerprint density at radius 2 is 1.91 bits per heavy atom. The Kier molecular flexibility index (Phi) is 6.00. The number of benzene rings is 1. The van der Waals surface area contributed by atoms with Gasteiger partial charge in [-0.05, 0) is 20.3 Å². The fourth-order valence-corrected chi connectivity index (χ4v) is 6.96. The van der Waals surface area contributed by atoms with E-state index in [1.54, 1.807) is 18.7 Å². The Bertz CT molecular complexity index is 1420. The van der Waals surface area contributed by atoms with Crippen LogP contribution in [0.3, 0.4) is 0 Å². The minimum Gasteiger partial charge on any atom is -0.360 e. The van der Waals surface area contributed by atoms with Crippen molar-refractivity contribution in [1.82, 2.24) is 23.7 Å². The first-order valence-electron chi connectivity index (χ1n) is 11.1. The zero-order chi connectivity index (χ0) is 23.9. The highest BCUT2D eigenvalue weighted by molar-refractivity contribution is 7.89. The van der Waals surface area contributed by atoms with Crippen molar-refractivity contribution in [3.05, 3.63) is 59.1 Å². The van der Waals surface area contributed by atoms with E-state index in [1.807, 2.05) is 46.3 Å². The van der Waals surface area contributed by atoms with Gasteiger partial charge in [-0.3, -0.25) is 9.20 Å². The molecule has 1 amide bonds. The number of amides is 1. The molecule has 1 aliphatic rings. The summed E-state index contributed by atoms with van der Waals surface area (Å²) in [5.41, 5.74) is 3.13. The van der Waals surface area contributed by atoms with Gasteiger partial charge in [0.1, 0.15) is 10.6 Å². The fourth-order valence-electron chi connectivity index (χ4n) is 4.33. The normalized spacial score (nSPS) is 15.6. The number of aryl methyl sites for hydroxylation is 2. The highest BCUT2D eigenvalue weighted by Gasteiger charge is 2.33. The summed E-state index contributed by atoms with van der Waals surface area (Å²) in [6, 6.07) is 9.94. The highest BCUT2D eigenvalue weighted by atomic mass is 32.2. The first-order chi connectivity index (χ1) is 16.3. The first kappa shape index (κ1) is 22.8. The molecule has 0 aliphatic carbocycles. The third-order valence-electron chi connectivity index (χ3n) is 6.06. The molecule has 4 aromatic rings. The van der Waals surface area contributed by atoms with Gasteiger partial charge in [-0.1, -0.05) is 35.5 Å². The van der Waals surface area contributed by atoms with Crippen LogP contribution in [0.1, 0.15) is 23.6 Å². The molecule has 1 saturated heterocycles. The summed E-state index contributed by atoms with van der Waals surface area (Å²) >= 11 is 1.51. The van der Waals surface area contributed by atoms with Crippen LogP contribution in [0.15, 0.2) is 51.3 Å². The van der Waals surface area contributed by atoms with Crippen molar-refractivity contribution in [2.75, 3.05) is 26.2 Å². The maximum atomic E-state index is 13.2. The summed E-state index contributed by atoms with van der Waals surface area (Å²) in [5.74, 6) is 0.262. The summed E-state index contributed by atoms with van der Waals surface area (Å²) in [5, 5.41) is 5.74. The van der Waals surface area contributed by atoms with Crippen LogP contribution in [0.2, 0.25) is 0 Å². The van der Waals surface area contributed by atoms with Crippen molar-refractivity contribution in [2.45, 2.75) is 31.6 Å². The second kappa shape index (κ2) is 8.97. The van der Waals surface area contributed by atoms with Gasteiger partial charge in [-0.2, -0.15) is 4.31 Å². The van der Waals surface area contributed by atoms with Gasteiger partial charge >= 0.3 is 0 Å². The van der Waals surface area contributed by atoms with E-state index >= 15 is 0 Å². The molecule has 0 unspecified atom stereocenters. The molecule has 34 heavy (non-hydrogen) atoms. The summed E-state index contributed by atoms with van der Waals surface area (Å²) in [4.78, 5) is 20.5. The van der Waals surface area contributed by atoms with Crippen molar-refractivity contribution in [1.29, 1.82) is 0 Å². The second-order valence-corrected chi connectivity index (χ2v) is 11.1. The van der Waals surface area contributed by atoms with Gasteiger partial charge in [-0.15, -0.1) is 11.3 Å². The number of thiazole rings is 1. The van der Waals surface area contributed by atoms with Gasteiger partial charge in [-0.25, -0.2) is 13.4 Å². The molecular formula is C23H25N5O4S2. The number of nitrogens with zero attached hydrogens (tertiary/aromatic N) is 5. The monoisotopic (exact) mass is 499 g/mol. The van der Waals surface area contributed by atoms with Gasteiger partial charge in [0.2, 0.25) is 15.9 Å². The summed E-state index contributed by atoms with van der Waals surface area (Å²) < 4.78 is 34.8. The third kappa shape index (κ3) is 4.15. The predicted octanol–water partition coefficient (Wildman–Crippen LogP) is 3.13. The van der Waals surface area contributed by atoms with Crippen LogP contribution in [0.25, 0.3) is 16.2 Å². The molecule has 4 heterocycles. The zero-order valence-electron chi connectivity index (χ0n) is 19.0. The Labute approximate surface area is 201 Å². The van der Waals surface area contributed by atoms with E-state index < -0.39 is 10.0 Å². The maximum absolute atomic E-state index is 13.2.